The molecule has 1 amide bonds. The van der Waals surface area contributed by atoms with Gasteiger partial charge in [-0.2, -0.15) is 10.2 Å². The molecule has 2 N–H and O–H groups in total. The van der Waals surface area contributed by atoms with Gasteiger partial charge in [-0.1, -0.05) is 28.9 Å². The largest absolute Gasteiger partial charge is 0.872 e. The van der Waals surface area contributed by atoms with Crippen molar-refractivity contribution in [3.05, 3.63) is 51.3 Å². The molecule has 0 unspecified atom stereocenters. The van der Waals surface area contributed by atoms with Gasteiger partial charge in [0.05, 0.1) is 10.6 Å². The summed E-state index contributed by atoms with van der Waals surface area (Å²) in [6, 6.07) is 6.06. The first-order chi connectivity index (χ1) is 11.3. The monoisotopic (exact) mass is 331 g/mol. The number of carbonyl (C=O) groups is 1. The average Bonchev–Trinajstić information content (AvgIpc) is 2.79. The summed E-state index contributed by atoms with van der Waals surface area (Å²) in [6.45, 7) is 4.70. The van der Waals surface area contributed by atoms with Crippen molar-refractivity contribution in [3.63, 3.8) is 0 Å². The molecule has 24 heavy (non-hydrogen) atoms. The fraction of sp³-hybridized carbons (Fsp3) is 0.267. The van der Waals surface area contributed by atoms with Crippen LogP contribution in [0.3, 0.4) is 0 Å². The van der Waals surface area contributed by atoms with E-state index in [1.807, 2.05) is 0 Å². The second kappa shape index (κ2) is 6.90. The Morgan fingerprint density at radius 1 is 1.33 bits per heavy atom. The van der Waals surface area contributed by atoms with Crippen LogP contribution in [0.5, 0.6) is 5.75 Å². The first-order valence-electron chi connectivity index (χ1n) is 7.13. The fourth-order valence-electron chi connectivity index (χ4n) is 2.25. The second-order valence-electron chi connectivity index (χ2n) is 5.27. The Labute approximate surface area is 137 Å². The lowest BCUT2D eigenvalue weighted by Gasteiger charge is -2.06. The van der Waals surface area contributed by atoms with E-state index in [-0.39, 0.29) is 18.0 Å². The van der Waals surface area contributed by atoms with Crippen molar-refractivity contribution < 1.29 is 19.5 Å². The smallest absolute Gasteiger partial charge is 0.361 e. The molecular formula is C15H17N5O4. The molecule has 1 aromatic heterocycles. The zero-order valence-electron chi connectivity index (χ0n) is 13.5. The van der Waals surface area contributed by atoms with E-state index in [9.17, 15) is 20.0 Å². The number of benzene rings is 1. The standard InChI is InChI=1S/C15H17N5O4/c1-9(12-4-6-13(21)7-5-12)16-17-14(22)8-19-11(3)15(20(23)24)10(2)18-19/h4-7H,8H2,1-3H3,(H2,16,17,21,22). The predicted molar refractivity (Wildman–Crippen MR) is 83.4 cm³/mol. The number of rotatable bonds is 5. The van der Waals surface area contributed by atoms with Gasteiger partial charge in [0.1, 0.15) is 0 Å². The summed E-state index contributed by atoms with van der Waals surface area (Å²) in [4.78, 5) is 22.4. The Morgan fingerprint density at radius 2 is 1.96 bits per heavy atom. The Morgan fingerprint density at radius 3 is 2.50 bits per heavy atom. The van der Waals surface area contributed by atoms with Crippen molar-refractivity contribution in [3.8, 4) is 5.75 Å². The van der Waals surface area contributed by atoms with Crippen LogP contribution in [0, 0.1) is 24.0 Å². The van der Waals surface area contributed by atoms with Gasteiger partial charge in [0.15, 0.2) is 5.69 Å². The molecule has 1 aromatic carbocycles. The van der Waals surface area contributed by atoms with Crippen LogP contribution in [0.4, 0.5) is 5.69 Å². The van der Waals surface area contributed by atoms with Crippen molar-refractivity contribution in [2.75, 3.05) is 0 Å². The van der Waals surface area contributed by atoms with E-state index in [2.05, 4.69) is 15.6 Å². The van der Waals surface area contributed by atoms with Gasteiger partial charge in [-0.25, -0.2) is 5.43 Å². The zero-order valence-corrected chi connectivity index (χ0v) is 13.5. The summed E-state index contributed by atoms with van der Waals surface area (Å²) in [6.07, 6.45) is 0. The number of hydrogen-bond acceptors (Lipinski definition) is 5. The number of nitrogens with one attached hydrogen (secondary N) is 2. The number of aromatic nitrogens is 2. The zero-order chi connectivity index (χ0) is 17.9. The summed E-state index contributed by atoms with van der Waals surface area (Å²) >= 11 is 0. The third kappa shape index (κ3) is 3.75. The predicted octanol–water partition coefficient (Wildman–Crippen LogP) is 0.441. The number of hydrogen-bond donors (Lipinski definition) is 2. The molecule has 0 saturated carbocycles. The third-order valence-corrected chi connectivity index (χ3v) is 3.51. The molecule has 0 aliphatic rings. The van der Waals surface area contributed by atoms with Gasteiger partial charge < -0.3 is 5.11 Å². The number of nitrogens with zero attached hydrogens (tertiary/aromatic N) is 3. The lowest BCUT2D eigenvalue weighted by molar-refractivity contribution is -0.745. The minimum atomic E-state index is -0.489. The summed E-state index contributed by atoms with van der Waals surface area (Å²) in [5.41, 5.74) is 4.34. The van der Waals surface area contributed by atoms with Gasteiger partial charge in [0.2, 0.25) is 0 Å². The number of hydrazone groups is 1. The maximum atomic E-state index is 12.0. The molecule has 126 valence electrons. The molecule has 9 nitrogen and oxygen atoms in total. The van der Waals surface area contributed by atoms with Crippen LogP contribution in [0.15, 0.2) is 29.4 Å². The topological polar surface area (TPSA) is 127 Å². The van der Waals surface area contributed by atoms with Crippen LogP contribution in [-0.2, 0) is 11.3 Å². The van der Waals surface area contributed by atoms with Gasteiger partial charge in [-0.15, -0.1) is 5.75 Å². The molecule has 0 radical (unpaired) electrons. The molecule has 9 heteroatoms. The van der Waals surface area contributed by atoms with E-state index in [1.54, 1.807) is 32.9 Å². The summed E-state index contributed by atoms with van der Waals surface area (Å²) in [5, 5.41) is 28.8. The molecule has 1 heterocycles. The highest BCUT2D eigenvalue weighted by atomic mass is 16.6. The Balaban J connectivity index is 2.06. The Kier molecular flexibility index (Phi) is 4.93. The SMILES string of the molecule is C/C(=N\NC(=O)C[n+]1[nH]c(C)c([N+](=O)[O-])c1C)c1ccc([O-])cc1. The average molecular weight is 331 g/mol. The summed E-state index contributed by atoms with van der Waals surface area (Å²) in [5.74, 6) is -0.537. The molecule has 2 aromatic rings. The molecule has 0 fully saturated rings. The number of amides is 1. The van der Waals surface area contributed by atoms with E-state index in [4.69, 9.17) is 0 Å². The van der Waals surface area contributed by atoms with Gasteiger partial charge in [0, 0.05) is 6.92 Å². The number of aromatic amines is 1. The molecular weight excluding hydrogens is 314 g/mol. The van der Waals surface area contributed by atoms with Crippen molar-refractivity contribution in [1.29, 1.82) is 0 Å². The first-order valence-corrected chi connectivity index (χ1v) is 7.13. The normalized spacial score (nSPS) is 11.4. The fourth-order valence-corrected chi connectivity index (χ4v) is 2.25. The highest BCUT2D eigenvalue weighted by Gasteiger charge is 2.29. The van der Waals surface area contributed by atoms with E-state index in [0.717, 1.165) is 0 Å². The minimum absolute atomic E-state index is 0.0415. The van der Waals surface area contributed by atoms with Gasteiger partial charge in [-0.05, 0) is 19.4 Å². The van der Waals surface area contributed by atoms with Crippen LogP contribution in [0.1, 0.15) is 23.9 Å². The van der Waals surface area contributed by atoms with Crippen LogP contribution in [0.25, 0.3) is 0 Å². The lowest BCUT2D eigenvalue weighted by atomic mass is 10.1. The highest BCUT2D eigenvalue weighted by Crippen LogP contribution is 2.17. The molecule has 0 spiro atoms. The number of aryl methyl sites for hydroxylation is 1. The van der Waals surface area contributed by atoms with E-state index >= 15 is 0 Å². The van der Waals surface area contributed by atoms with Crippen molar-refractivity contribution >= 4 is 17.3 Å². The maximum absolute atomic E-state index is 12.0. The van der Waals surface area contributed by atoms with E-state index in [1.165, 1.54) is 16.8 Å². The molecule has 0 bridgehead atoms. The molecule has 2 rings (SSSR count). The van der Waals surface area contributed by atoms with Crippen LogP contribution in [0.2, 0.25) is 0 Å². The maximum Gasteiger partial charge on any atom is 0.361 e. The van der Waals surface area contributed by atoms with Gasteiger partial charge in [-0.3, -0.25) is 14.9 Å². The van der Waals surface area contributed by atoms with Crippen LogP contribution < -0.4 is 15.2 Å². The van der Waals surface area contributed by atoms with Crippen molar-refractivity contribution in [2.45, 2.75) is 27.3 Å². The number of nitro groups is 1. The summed E-state index contributed by atoms with van der Waals surface area (Å²) < 4.78 is 1.39. The van der Waals surface area contributed by atoms with Crippen molar-refractivity contribution in [2.24, 2.45) is 5.10 Å². The highest BCUT2D eigenvalue weighted by molar-refractivity contribution is 5.99. The molecule has 0 atom stereocenters. The number of H-pyrrole nitrogens is 1. The van der Waals surface area contributed by atoms with Crippen LogP contribution >= 0.6 is 0 Å². The Hall–Kier alpha value is -3.23. The quantitative estimate of drug-likeness (QED) is 0.356. The molecule has 0 aliphatic heterocycles. The molecule has 0 aliphatic carbocycles. The second-order valence-corrected chi connectivity index (χ2v) is 5.27. The van der Waals surface area contributed by atoms with Crippen molar-refractivity contribution in [1.82, 2.24) is 10.5 Å². The third-order valence-electron chi connectivity index (χ3n) is 3.51. The number of carbonyl (C=O) groups excluding carboxylic acids is 1. The Bertz CT molecular complexity index is 808. The lowest BCUT2D eigenvalue weighted by Crippen LogP contribution is -2.45. The van der Waals surface area contributed by atoms with E-state index in [0.29, 0.717) is 22.7 Å². The van der Waals surface area contributed by atoms with Gasteiger partial charge >= 0.3 is 11.6 Å². The first kappa shape index (κ1) is 17.1. The van der Waals surface area contributed by atoms with E-state index < -0.39 is 10.8 Å². The molecule has 0 saturated heterocycles. The van der Waals surface area contributed by atoms with Crippen LogP contribution in [-0.4, -0.2) is 21.6 Å². The summed E-state index contributed by atoms with van der Waals surface area (Å²) in [7, 11) is 0. The van der Waals surface area contributed by atoms with Gasteiger partial charge in [0.25, 0.3) is 12.2 Å². The minimum Gasteiger partial charge on any atom is -0.872 e.